The average Bonchev–Trinajstić information content (AvgIpc) is 3.10. The van der Waals surface area contributed by atoms with Gasteiger partial charge in [-0.15, -0.1) is 0 Å². The summed E-state index contributed by atoms with van der Waals surface area (Å²) >= 11 is 5.86. The van der Waals surface area contributed by atoms with Crippen LogP contribution in [0.4, 0.5) is 27.6 Å². The van der Waals surface area contributed by atoms with Crippen molar-refractivity contribution in [2.45, 2.75) is 25.6 Å². The summed E-state index contributed by atoms with van der Waals surface area (Å²) in [5.41, 5.74) is -2.93. The van der Waals surface area contributed by atoms with Gasteiger partial charge in [-0.05, 0) is 38.1 Å². The summed E-state index contributed by atoms with van der Waals surface area (Å²) in [5, 5.41) is 16.1. The third kappa shape index (κ3) is 5.62. The van der Waals surface area contributed by atoms with E-state index in [1.807, 2.05) is 0 Å². The van der Waals surface area contributed by atoms with Crippen LogP contribution in [0.15, 0.2) is 30.3 Å². The summed E-state index contributed by atoms with van der Waals surface area (Å²) in [6.07, 6.45) is -4.77. The zero-order valence-corrected chi connectivity index (χ0v) is 18.7. The van der Waals surface area contributed by atoms with Gasteiger partial charge in [0.2, 0.25) is 0 Å². The normalized spacial score (nSPS) is 12.1. The standard InChI is InChI=1S/C21H18ClF5N4O3/c1-20(2,33)19-29-17(30-31(19)3)10-8-15(34-9-21(25,26)27)11(7-14(10)24)18(32)28-16-12(22)5-4-6-13(16)23/h4-8,33H,9H2,1-3H3,(H,28,32). The Kier molecular flexibility index (Phi) is 6.85. The van der Waals surface area contributed by atoms with Crippen LogP contribution in [0.3, 0.4) is 0 Å². The molecular weight excluding hydrogens is 487 g/mol. The predicted octanol–water partition coefficient (Wildman–Crippen LogP) is 4.83. The molecule has 34 heavy (non-hydrogen) atoms. The molecular formula is C21H18ClF5N4O3. The molecule has 0 saturated carbocycles. The molecule has 1 aromatic heterocycles. The Morgan fingerprint density at radius 1 is 1.21 bits per heavy atom. The highest BCUT2D eigenvalue weighted by molar-refractivity contribution is 6.34. The lowest BCUT2D eigenvalue weighted by molar-refractivity contribution is -0.153. The van der Waals surface area contributed by atoms with Crippen LogP contribution in [-0.2, 0) is 12.6 Å². The van der Waals surface area contributed by atoms with E-state index in [0.29, 0.717) is 6.07 Å². The van der Waals surface area contributed by atoms with Gasteiger partial charge >= 0.3 is 6.18 Å². The van der Waals surface area contributed by atoms with E-state index < -0.39 is 52.9 Å². The van der Waals surface area contributed by atoms with Crippen LogP contribution in [0.1, 0.15) is 30.0 Å². The molecule has 0 aliphatic rings. The molecule has 13 heteroatoms. The highest BCUT2D eigenvalue weighted by Crippen LogP contribution is 2.33. The largest absolute Gasteiger partial charge is 0.483 e. The molecule has 0 fully saturated rings. The number of carbonyl (C=O) groups is 1. The highest BCUT2D eigenvalue weighted by Gasteiger charge is 2.31. The second-order valence-electron chi connectivity index (χ2n) is 7.72. The molecule has 0 spiro atoms. The molecule has 0 bridgehead atoms. The minimum atomic E-state index is -4.77. The van der Waals surface area contributed by atoms with Gasteiger partial charge in [-0.3, -0.25) is 4.79 Å². The van der Waals surface area contributed by atoms with Crippen molar-refractivity contribution in [3.8, 4) is 17.1 Å². The molecule has 3 rings (SSSR count). The first-order valence-electron chi connectivity index (χ1n) is 9.60. The summed E-state index contributed by atoms with van der Waals surface area (Å²) in [5.74, 6) is -4.02. The van der Waals surface area contributed by atoms with Crippen molar-refractivity contribution in [2.75, 3.05) is 11.9 Å². The number of alkyl halides is 3. The maximum Gasteiger partial charge on any atom is 0.422 e. The summed E-state index contributed by atoms with van der Waals surface area (Å²) in [6, 6.07) is 4.99. The van der Waals surface area contributed by atoms with E-state index in [1.165, 1.54) is 37.7 Å². The quantitative estimate of drug-likeness (QED) is 0.469. The van der Waals surface area contributed by atoms with Crippen LogP contribution in [0.25, 0.3) is 11.4 Å². The number of nitrogens with zero attached hydrogens (tertiary/aromatic N) is 3. The molecule has 2 N–H and O–H groups in total. The lowest BCUT2D eigenvalue weighted by Gasteiger charge is -2.15. The molecule has 0 unspecified atom stereocenters. The average molecular weight is 505 g/mol. The number of aryl methyl sites for hydroxylation is 1. The van der Waals surface area contributed by atoms with Crippen LogP contribution in [0.5, 0.6) is 5.75 Å². The molecule has 1 heterocycles. The number of halogens is 6. The Hall–Kier alpha value is -3.25. The summed E-state index contributed by atoms with van der Waals surface area (Å²) < 4.78 is 73.3. The third-order valence-corrected chi connectivity index (χ3v) is 4.77. The molecule has 1 amide bonds. The molecule has 2 aromatic carbocycles. The Morgan fingerprint density at radius 2 is 1.88 bits per heavy atom. The first-order chi connectivity index (χ1) is 15.7. The third-order valence-electron chi connectivity index (χ3n) is 4.46. The number of aliphatic hydroxyl groups is 1. The van der Waals surface area contributed by atoms with Gasteiger partial charge in [0.25, 0.3) is 5.91 Å². The van der Waals surface area contributed by atoms with Crippen LogP contribution in [-0.4, -0.2) is 38.6 Å². The summed E-state index contributed by atoms with van der Waals surface area (Å²) in [6.45, 7) is 1.04. The number of carbonyl (C=O) groups excluding carboxylic acids is 1. The van der Waals surface area contributed by atoms with Gasteiger partial charge in [0.1, 0.15) is 23.0 Å². The topological polar surface area (TPSA) is 89.3 Å². The van der Waals surface area contributed by atoms with Crippen molar-refractivity contribution in [2.24, 2.45) is 7.05 Å². The zero-order valence-electron chi connectivity index (χ0n) is 18.0. The number of rotatable bonds is 6. The van der Waals surface area contributed by atoms with Crippen molar-refractivity contribution < 1.29 is 36.6 Å². The second kappa shape index (κ2) is 9.18. The Morgan fingerprint density at radius 3 is 2.44 bits per heavy atom. The number of hydrogen-bond acceptors (Lipinski definition) is 5. The van der Waals surface area contributed by atoms with Gasteiger partial charge in [0.05, 0.1) is 21.8 Å². The van der Waals surface area contributed by atoms with Crippen LogP contribution in [0.2, 0.25) is 5.02 Å². The molecule has 182 valence electrons. The van der Waals surface area contributed by atoms with E-state index in [1.54, 1.807) is 0 Å². The van der Waals surface area contributed by atoms with E-state index in [9.17, 15) is 31.9 Å². The number of nitrogens with one attached hydrogen (secondary N) is 1. The number of amides is 1. The van der Waals surface area contributed by atoms with Crippen LogP contribution < -0.4 is 10.1 Å². The summed E-state index contributed by atoms with van der Waals surface area (Å²) in [4.78, 5) is 16.8. The SMILES string of the molecule is Cn1nc(-c2cc(OCC(F)(F)F)c(C(=O)Nc3c(F)cccc3Cl)cc2F)nc1C(C)(C)O. The maximum atomic E-state index is 15.0. The molecule has 0 radical (unpaired) electrons. The lowest BCUT2D eigenvalue weighted by Crippen LogP contribution is -2.22. The fourth-order valence-corrected chi connectivity index (χ4v) is 3.22. The Balaban J connectivity index is 2.08. The van der Waals surface area contributed by atoms with Gasteiger partial charge in [-0.25, -0.2) is 18.4 Å². The Labute approximate surface area is 195 Å². The van der Waals surface area contributed by atoms with Gasteiger partial charge in [-0.1, -0.05) is 17.7 Å². The molecule has 0 aliphatic heterocycles. The first kappa shape index (κ1) is 25.4. The molecule has 3 aromatic rings. The first-order valence-corrected chi connectivity index (χ1v) is 9.98. The van der Waals surface area contributed by atoms with Crippen molar-refractivity contribution >= 4 is 23.2 Å². The highest BCUT2D eigenvalue weighted by atomic mass is 35.5. The van der Waals surface area contributed by atoms with Crippen molar-refractivity contribution in [3.05, 3.63) is 58.4 Å². The van der Waals surface area contributed by atoms with Crippen molar-refractivity contribution in [1.82, 2.24) is 14.8 Å². The van der Waals surface area contributed by atoms with E-state index in [-0.39, 0.29) is 22.2 Å². The van der Waals surface area contributed by atoms with E-state index in [0.717, 1.165) is 12.1 Å². The monoisotopic (exact) mass is 504 g/mol. The van der Waals surface area contributed by atoms with Crippen molar-refractivity contribution in [1.29, 1.82) is 0 Å². The maximum absolute atomic E-state index is 15.0. The molecule has 7 nitrogen and oxygen atoms in total. The zero-order chi connectivity index (χ0) is 25.4. The predicted molar refractivity (Wildman–Crippen MR) is 113 cm³/mol. The number of aromatic nitrogens is 3. The number of benzene rings is 2. The van der Waals surface area contributed by atoms with E-state index >= 15 is 0 Å². The van der Waals surface area contributed by atoms with E-state index in [4.69, 9.17) is 16.3 Å². The fourth-order valence-electron chi connectivity index (χ4n) is 3.01. The molecule has 0 atom stereocenters. The molecule has 0 saturated heterocycles. The number of hydrogen-bond donors (Lipinski definition) is 2. The smallest absolute Gasteiger partial charge is 0.422 e. The number of para-hydroxylation sites is 1. The van der Waals surface area contributed by atoms with Crippen LogP contribution >= 0.6 is 11.6 Å². The lowest BCUT2D eigenvalue weighted by atomic mass is 10.1. The number of ether oxygens (including phenoxy) is 1. The minimum Gasteiger partial charge on any atom is -0.483 e. The van der Waals surface area contributed by atoms with E-state index in [2.05, 4.69) is 15.4 Å². The fraction of sp³-hybridized carbons (Fsp3) is 0.286. The van der Waals surface area contributed by atoms with Gasteiger partial charge in [-0.2, -0.15) is 18.3 Å². The van der Waals surface area contributed by atoms with Crippen molar-refractivity contribution in [3.63, 3.8) is 0 Å². The minimum absolute atomic E-state index is 0.0516. The van der Waals surface area contributed by atoms with Gasteiger partial charge in [0, 0.05) is 7.05 Å². The Bertz CT molecular complexity index is 1220. The van der Waals surface area contributed by atoms with Gasteiger partial charge < -0.3 is 15.2 Å². The second-order valence-corrected chi connectivity index (χ2v) is 8.13. The number of anilines is 1. The van der Waals surface area contributed by atoms with Gasteiger partial charge in [0.15, 0.2) is 18.3 Å². The molecule has 0 aliphatic carbocycles. The summed E-state index contributed by atoms with van der Waals surface area (Å²) in [7, 11) is 1.43. The van der Waals surface area contributed by atoms with Crippen LogP contribution in [0, 0.1) is 11.6 Å².